The zero-order valence-electron chi connectivity index (χ0n) is 19.0. The number of anilines is 1. The number of carbonyl (C=O) groups is 3. The topological polar surface area (TPSA) is 83.9 Å². The summed E-state index contributed by atoms with van der Waals surface area (Å²) in [6.45, 7) is 3.98. The number of amides is 1. The normalized spacial score (nSPS) is 17.1. The summed E-state index contributed by atoms with van der Waals surface area (Å²) in [4.78, 5) is 39.6. The van der Waals surface area contributed by atoms with E-state index in [-0.39, 0.29) is 23.7 Å². The molecule has 34 heavy (non-hydrogen) atoms. The number of esters is 1. The van der Waals surface area contributed by atoms with Crippen LogP contribution in [0.3, 0.4) is 0 Å². The van der Waals surface area contributed by atoms with Crippen molar-refractivity contribution in [3.8, 4) is 0 Å². The van der Waals surface area contributed by atoms with Crippen LogP contribution in [0, 0.1) is 6.92 Å². The summed E-state index contributed by atoms with van der Waals surface area (Å²) in [5.74, 6) is -2.02. The molecule has 3 aromatic rings. The van der Waals surface area contributed by atoms with Crippen LogP contribution < -0.4 is 4.90 Å². The summed E-state index contributed by atoms with van der Waals surface area (Å²) >= 11 is 0. The highest BCUT2D eigenvalue weighted by molar-refractivity contribution is 6.51. The number of rotatable bonds is 6. The maximum Gasteiger partial charge on any atom is 0.310 e. The standard InChI is InChI=1S/C28H25NO5/c1-3-34-23(30)17-19-11-15-22(16-12-19)29-25(20-7-5-4-6-8-20)24(27(32)28(29)33)26(31)21-13-9-18(2)10-14-21/h4-16,25,31H,3,17H2,1-2H3/b26-24+. The van der Waals surface area contributed by atoms with Crippen molar-refractivity contribution in [2.75, 3.05) is 11.5 Å². The van der Waals surface area contributed by atoms with E-state index in [0.717, 1.165) is 11.1 Å². The van der Waals surface area contributed by atoms with Crippen LogP contribution in [0.25, 0.3) is 5.76 Å². The minimum absolute atomic E-state index is 0.0376. The van der Waals surface area contributed by atoms with Crippen LogP contribution in [0.1, 0.15) is 35.2 Å². The van der Waals surface area contributed by atoms with Crippen molar-refractivity contribution in [3.05, 3.63) is 107 Å². The van der Waals surface area contributed by atoms with Gasteiger partial charge in [-0.25, -0.2) is 0 Å². The molecule has 0 spiro atoms. The summed E-state index contributed by atoms with van der Waals surface area (Å²) in [6, 6.07) is 22.3. The first-order valence-corrected chi connectivity index (χ1v) is 11.1. The first-order chi connectivity index (χ1) is 16.4. The fourth-order valence-electron chi connectivity index (χ4n) is 4.07. The third-order valence-electron chi connectivity index (χ3n) is 5.75. The minimum Gasteiger partial charge on any atom is -0.507 e. The highest BCUT2D eigenvalue weighted by atomic mass is 16.5. The first kappa shape index (κ1) is 23.0. The molecular weight excluding hydrogens is 430 g/mol. The van der Waals surface area contributed by atoms with Gasteiger partial charge in [0.1, 0.15) is 5.76 Å². The molecule has 1 atom stereocenters. The van der Waals surface area contributed by atoms with E-state index in [0.29, 0.717) is 23.4 Å². The Morgan fingerprint density at radius 1 is 0.941 bits per heavy atom. The molecule has 172 valence electrons. The van der Waals surface area contributed by atoms with Crippen molar-refractivity contribution in [1.82, 2.24) is 0 Å². The van der Waals surface area contributed by atoms with Crippen LogP contribution >= 0.6 is 0 Å². The number of nitrogens with zero attached hydrogens (tertiary/aromatic N) is 1. The zero-order valence-corrected chi connectivity index (χ0v) is 19.0. The van der Waals surface area contributed by atoms with Crippen molar-refractivity contribution in [3.63, 3.8) is 0 Å². The van der Waals surface area contributed by atoms with E-state index in [1.807, 2.05) is 49.4 Å². The van der Waals surface area contributed by atoms with Gasteiger partial charge in [0, 0.05) is 11.3 Å². The summed E-state index contributed by atoms with van der Waals surface area (Å²) < 4.78 is 4.99. The molecule has 1 aliphatic rings. The van der Waals surface area contributed by atoms with E-state index in [4.69, 9.17) is 4.74 Å². The summed E-state index contributed by atoms with van der Waals surface area (Å²) in [7, 11) is 0. The summed E-state index contributed by atoms with van der Waals surface area (Å²) in [6.07, 6.45) is 0.114. The van der Waals surface area contributed by atoms with Gasteiger partial charge in [0.25, 0.3) is 11.7 Å². The smallest absolute Gasteiger partial charge is 0.310 e. The van der Waals surface area contributed by atoms with Gasteiger partial charge in [-0.2, -0.15) is 0 Å². The van der Waals surface area contributed by atoms with E-state index < -0.39 is 17.7 Å². The van der Waals surface area contributed by atoms with Crippen molar-refractivity contribution in [1.29, 1.82) is 0 Å². The molecule has 0 aliphatic carbocycles. The van der Waals surface area contributed by atoms with Gasteiger partial charge < -0.3 is 9.84 Å². The molecule has 1 amide bonds. The van der Waals surface area contributed by atoms with Gasteiger partial charge in [-0.1, -0.05) is 72.3 Å². The number of ketones is 1. The van der Waals surface area contributed by atoms with E-state index in [1.54, 1.807) is 43.3 Å². The maximum absolute atomic E-state index is 13.2. The second-order valence-electron chi connectivity index (χ2n) is 8.09. The molecule has 1 fully saturated rings. The van der Waals surface area contributed by atoms with Crippen LogP contribution in [-0.2, 0) is 25.5 Å². The number of Topliss-reactive ketones (excluding diaryl/α,β-unsaturated/α-hetero) is 1. The average Bonchev–Trinajstić information content (AvgIpc) is 3.11. The van der Waals surface area contributed by atoms with E-state index in [1.165, 1.54) is 4.90 Å². The van der Waals surface area contributed by atoms with Gasteiger partial charge in [-0.05, 0) is 37.1 Å². The Bertz CT molecular complexity index is 1240. The van der Waals surface area contributed by atoms with Gasteiger partial charge in [0.2, 0.25) is 0 Å². The zero-order chi connectivity index (χ0) is 24.2. The average molecular weight is 456 g/mol. The first-order valence-electron chi connectivity index (χ1n) is 11.1. The molecule has 4 rings (SSSR count). The lowest BCUT2D eigenvalue weighted by Crippen LogP contribution is -2.29. The van der Waals surface area contributed by atoms with Crippen LogP contribution in [0.15, 0.2) is 84.4 Å². The Hall–Kier alpha value is -4.19. The van der Waals surface area contributed by atoms with Crippen LogP contribution in [0.5, 0.6) is 0 Å². The molecule has 1 aliphatic heterocycles. The van der Waals surface area contributed by atoms with Crippen molar-refractivity contribution in [2.24, 2.45) is 0 Å². The number of hydrogen-bond acceptors (Lipinski definition) is 5. The largest absolute Gasteiger partial charge is 0.507 e. The lowest BCUT2D eigenvalue weighted by Gasteiger charge is -2.25. The van der Waals surface area contributed by atoms with Crippen molar-refractivity contribution in [2.45, 2.75) is 26.3 Å². The monoisotopic (exact) mass is 455 g/mol. The number of benzene rings is 3. The number of hydrogen-bond donors (Lipinski definition) is 1. The van der Waals surface area contributed by atoms with E-state index >= 15 is 0 Å². The van der Waals surface area contributed by atoms with Crippen LogP contribution in [0.4, 0.5) is 5.69 Å². The molecule has 3 aromatic carbocycles. The Kier molecular flexibility index (Phi) is 6.59. The van der Waals surface area contributed by atoms with Gasteiger partial charge in [-0.3, -0.25) is 19.3 Å². The van der Waals surface area contributed by atoms with E-state index in [9.17, 15) is 19.5 Å². The molecular formula is C28H25NO5. The van der Waals surface area contributed by atoms with E-state index in [2.05, 4.69) is 0 Å². The third-order valence-corrected chi connectivity index (χ3v) is 5.75. The molecule has 6 nitrogen and oxygen atoms in total. The van der Waals surface area contributed by atoms with Crippen LogP contribution in [0.2, 0.25) is 0 Å². The molecule has 0 radical (unpaired) electrons. The number of carbonyl (C=O) groups excluding carboxylic acids is 3. The lowest BCUT2D eigenvalue weighted by molar-refractivity contribution is -0.142. The molecule has 1 unspecified atom stereocenters. The Labute approximate surface area is 198 Å². The number of ether oxygens (including phenoxy) is 1. The molecule has 0 saturated carbocycles. The number of aliphatic hydroxyl groups excluding tert-OH is 1. The summed E-state index contributed by atoms with van der Waals surface area (Å²) in [5.41, 5.74) is 3.44. The Balaban J connectivity index is 1.78. The Morgan fingerprint density at radius 2 is 1.59 bits per heavy atom. The molecule has 6 heteroatoms. The molecule has 0 bridgehead atoms. The molecule has 1 saturated heterocycles. The molecule has 1 N–H and O–H groups in total. The summed E-state index contributed by atoms with van der Waals surface area (Å²) in [5, 5.41) is 11.1. The van der Waals surface area contributed by atoms with Crippen molar-refractivity contribution < 1.29 is 24.2 Å². The second-order valence-corrected chi connectivity index (χ2v) is 8.09. The van der Waals surface area contributed by atoms with Gasteiger partial charge in [0.15, 0.2) is 0 Å². The highest BCUT2D eigenvalue weighted by Crippen LogP contribution is 2.42. The predicted molar refractivity (Wildman–Crippen MR) is 129 cm³/mol. The maximum atomic E-state index is 13.2. The highest BCUT2D eigenvalue weighted by Gasteiger charge is 2.46. The number of aliphatic hydroxyl groups is 1. The minimum atomic E-state index is -0.793. The quantitative estimate of drug-likeness (QED) is 0.252. The van der Waals surface area contributed by atoms with Gasteiger partial charge in [0.05, 0.1) is 24.6 Å². The van der Waals surface area contributed by atoms with Crippen LogP contribution in [-0.4, -0.2) is 29.4 Å². The van der Waals surface area contributed by atoms with Gasteiger partial charge >= 0.3 is 5.97 Å². The van der Waals surface area contributed by atoms with Gasteiger partial charge in [-0.15, -0.1) is 0 Å². The fourth-order valence-corrected chi connectivity index (χ4v) is 4.07. The van der Waals surface area contributed by atoms with Crippen molar-refractivity contribution >= 4 is 29.1 Å². The second kappa shape index (κ2) is 9.75. The molecule has 0 aromatic heterocycles. The predicted octanol–water partition coefficient (Wildman–Crippen LogP) is 4.73. The fraction of sp³-hybridized carbons (Fsp3) is 0.179. The molecule has 1 heterocycles. The Morgan fingerprint density at radius 3 is 2.21 bits per heavy atom. The SMILES string of the molecule is CCOC(=O)Cc1ccc(N2C(=O)C(=O)/C(=C(/O)c3ccc(C)cc3)C2c2ccccc2)cc1. The number of aryl methyl sites for hydroxylation is 1. The third kappa shape index (κ3) is 4.48. The lowest BCUT2D eigenvalue weighted by atomic mass is 9.95.